The summed E-state index contributed by atoms with van der Waals surface area (Å²) in [5, 5.41) is 10.5. The molecule has 2 N–H and O–H groups in total. The van der Waals surface area contributed by atoms with Crippen molar-refractivity contribution in [2.75, 3.05) is 0 Å². The molecule has 1 amide bonds. The lowest BCUT2D eigenvalue weighted by molar-refractivity contribution is 0.0927. The lowest BCUT2D eigenvalue weighted by Crippen LogP contribution is -2.31. The van der Waals surface area contributed by atoms with Gasteiger partial charge in [-0.1, -0.05) is 48.5 Å². The van der Waals surface area contributed by atoms with Gasteiger partial charge in [0.2, 0.25) is 0 Å². The Hall–Kier alpha value is -2.95. The lowest BCUT2D eigenvalue weighted by atomic mass is 10.0. The number of carbonyl (C=O) groups excluding carboxylic acids is 1. The van der Waals surface area contributed by atoms with Crippen molar-refractivity contribution in [3.8, 4) is 0 Å². The molecule has 5 heteroatoms. The van der Waals surface area contributed by atoms with E-state index in [9.17, 15) is 9.59 Å². The molecule has 0 saturated heterocycles. The van der Waals surface area contributed by atoms with E-state index in [1.165, 1.54) is 0 Å². The Labute approximate surface area is 138 Å². The van der Waals surface area contributed by atoms with E-state index in [-0.39, 0.29) is 23.2 Å². The fourth-order valence-corrected chi connectivity index (χ4v) is 3.06. The number of aromatic amines is 1. The van der Waals surface area contributed by atoms with Gasteiger partial charge < -0.3 is 5.32 Å². The van der Waals surface area contributed by atoms with Crippen LogP contribution < -0.4 is 10.9 Å². The molecule has 120 valence electrons. The summed E-state index contributed by atoms with van der Waals surface area (Å²) in [7, 11) is 0. The molecule has 1 aliphatic carbocycles. The van der Waals surface area contributed by atoms with Gasteiger partial charge in [0, 0.05) is 5.39 Å². The third-order valence-electron chi connectivity index (χ3n) is 4.45. The van der Waals surface area contributed by atoms with E-state index in [0.29, 0.717) is 16.7 Å². The highest BCUT2D eigenvalue weighted by molar-refractivity contribution is 6.04. The van der Waals surface area contributed by atoms with E-state index < -0.39 is 0 Å². The van der Waals surface area contributed by atoms with Crippen molar-refractivity contribution in [2.45, 2.75) is 18.9 Å². The Balaban J connectivity index is 1.69. The predicted molar refractivity (Wildman–Crippen MR) is 91.7 cm³/mol. The predicted octanol–water partition coefficient (Wildman–Crippen LogP) is 2.80. The van der Waals surface area contributed by atoms with Crippen molar-refractivity contribution in [3.63, 3.8) is 0 Å². The molecular weight excluding hydrogens is 302 g/mol. The molecule has 0 aliphatic heterocycles. The van der Waals surface area contributed by atoms with Gasteiger partial charge in [-0.25, -0.2) is 5.10 Å². The summed E-state index contributed by atoms with van der Waals surface area (Å²) >= 11 is 0. The molecule has 4 rings (SSSR count). The fourth-order valence-electron chi connectivity index (χ4n) is 3.06. The largest absolute Gasteiger partial charge is 0.344 e. The standard InChI is InChI=1S/C19H17N3O2/c23-18-15-9-5-4-8-14(15)17(21-22-18)19(24)20-16(13-10-11-13)12-6-2-1-3-7-12/h1-9,13,16H,10-11H2,(H,20,24)(H,22,23). The Morgan fingerprint density at radius 1 is 1.04 bits per heavy atom. The molecule has 1 saturated carbocycles. The molecule has 24 heavy (non-hydrogen) atoms. The first kappa shape index (κ1) is 14.6. The summed E-state index contributed by atoms with van der Waals surface area (Å²) in [5.74, 6) is 0.202. The van der Waals surface area contributed by atoms with E-state index >= 15 is 0 Å². The van der Waals surface area contributed by atoms with Crippen molar-refractivity contribution in [3.05, 3.63) is 76.2 Å². The summed E-state index contributed by atoms with van der Waals surface area (Å²) in [4.78, 5) is 24.7. The number of fused-ring (bicyclic) bond motifs is 1. The highest BCUT2D eigenvalue weighted by Gasteiger charge is 2.34. The molecule has 1 fully saturated rings. The fraction of sp³-hybridized carbons (Fsp3) is 0.211. The van der Waals surface area contributed by atoms with Gasteiger partial charge in [-0.15, -0.1) is 0 Å². The summed E-state index contributed by atoms with van der Waals surface area (Å²) in [5.41, 5.74) is 1.07. The zero-order chi connectivity index (χ0) is 16.5. The molecule has 1 unspecified atom stereocenters. The average molecular weight is 319 g/mol. The highest BCUT2D eigenvalue weighted by Crippen LogP contribution is 2.41. The number of carbonyl (C=O) groups is 1. The van der Waals surface area contributed by atoms with Crippen LogP contribution in [0.1, 0.15) is 34.9 Å². The molecule has 3 aromatic rings. The van der Waals surface area contributed by atoms with Crippen LogP contribution in [0.3, 0.4) is 0 Å². The number of amides is 1. The molecule has 1 aliphatic rings. The van der Waals surface area contributed by atoms with Gasteiger partial charge in [0.15, 0.2) is 5.69 Å². The summed E-state index contributed by atoms with van der Waals surface area (Å²) in [6.45, 7) is 0. The number of H-pyrrole nitrogens is 1. The van der Waals surface area contributed by atoms with Crippen LogP contribution in [-0.4, -0.2) is 16.1 Å². The minimum Gasteiger partial charge on any atom is -0.344 e. The second kappa shape index (κ2) is 5.92. The Morgan fingerprint density at radius 2 is 1.71 bits per heavy atom. The molecule has 0 bridgehead atoms. The van der Waals surface area contributed by atoms with Gasteiger partial charge in [0.25, 0.3) is 11.5 Å². The van der Waals surface area contributed by atoms with Gasteiger partial charge in [-0.05, 0) is 30.4 Å². The normalized spacial score (nSPS) is 15.2. The van der Waals surface area contributed by atoms with E-state index in [0.717, 1.165) is 18.4 Å². The van der Waals surface area contributed by atoms with Gasteiger partial charge in [-0.3, -0.25) is 9.59 Å². The third kappa shape index (κ3) is 2.69. The second-order valence-electron chi connectivity index (χ2n) is 6.15. The summed E-state index contributed by atoms with van der Waals surface area (Å²) in [6, 6.07) is 17.0. The van der Waals surface area contributed by atoms with E-state index in [1.807, 2.05) is 30.3 Å². The smallest absolute Gasteiger partial charge is 0.272 e. The van der Waals surface area contributed by atoms with Crippen LogP contribution in [0.25, 0.3) is 10.8 Å². The molecule has 5 nitrogen and oxygen atoms in total. The van der Waals surface area contributed by atoms with Gasteiger partial charge in [0.1, 0.15) is 0 Å². The minimum atomic E-state index is -0.288. The molecule has 1 heterocycles. The molecule has 0 radical (unpaired) electrons. The molecule has 2 aromatic carbocycles. The Morgan fingerprint density at radius 3 is 2.42 bits per heavy atom. The van der Waals surface area contributed by atoms with Crippen LogP contribution in [0.4, 0.5) is 0 Å². The Bertz CT molecular complexity index is 945. The van der Waals surface area contributed by atoms with E-state index in [4.69, 9.17) is 0 Å². The average Bonchev–Trinajstić information content (AvgIpc) is 3.46. The lowest BCUT2D eigenvalue weighted by Gasteiger charge is -2.18. The van der Waals surface area contributed by atoms with Gasteiger partial charge in [0.05, 0.1) is 11.4 Å². The van der Waals surface area contributed by atoms with Crippen LogP contribution in [0, 0.1) is 5.92 Å². The van der Waals surface area contributed by atoms with Crippen LogP contribution in [0.2, 0.25) is 0 Å². The third-order valence-corrected chi connectivity index (χ3v) is 4.45. The number of nitrogens with zero attached hydrogens (tertiary/aromatic N) is 1. The van der Waals surface area contributed by atoms with E-state index in [2.05, 4.69) is 15.5 Å². The zero-order valence-electron chi connectivity index (χ0n) is 13.0. The topological polar surface area (TPSA) is 74.8 Å². The van der Waals surface area contributed by atoms with Crippen molar-refractivity contribution >= 4 is 16.7 Å². The van der Waals surface area contributed by atoms with Crippen LogP contribution in [-0.2, 0) is 0 Å². The number of rotatable bonds is 4. The Kier molecular flexibility index (Phi) is 3.61. The quantitative estimate of drug-likeness (QED) is 0.776. The van der Waals surface area contributed by atoms with Crippen LogP contribution in [0.15, 0.2) is 59.4 Å². The van der Waals surface area contributed by atoms with Gasteiger partial charge in [-0.2, -0.15) is 5.10 Å². The first-order valence-electron chi connectivity index (χ1n) is 8.07. The molecule has 0 spiro atoms. The minimum absolute atomic E-state index is 0.0220. The SMILES string of the molecule is O=C(NC(c1ccccc1)C1CC1)c1n[nH]c(=O)c2ccccc12. The van der Waals surface area contributed by atoms with E-state index in [1.54, 1.807) is 24.3 Å². The number of hydrogen-bond donors (Lipinski definition) is 2. The maximum absolute atomic E-state index is 12.8. The summed E-state index contributed by atoms with van der Waals surface area (Å²) < 4.78 is 0. The summed E-state index contributed by atoms with van der Waals surface area (Å²) in [6.07, 6.45) is 2.22. The first-order valence-corrected chi connectivity index (χ1v) is 8.07. The zero-order valence-corrected chi connectivity index (χ0v) is 13.0. The monoisotopic (exact) mass is 319 g/mol. The van der Waals surface area contributed by atoms with Crippen molar-refractivity contribution in [1.29, 1.82) is 0 Å². The van der Waals surface area contributed by atoms with Crippen molar-refractivity contribution in [1.82, 2.24) is 15.5 Å². The second-order valence-corrected chi connectivity index (χ2v) is 6.15. The van der Waals surface area contributed by atoms with Crippen molar-refractivity contribution < 1.29 is 4.79 Å². The maximum Gasteiger partial charge on any atom is 0.272 e. The number of hydrogen-bond acceptors (Lipinski definition) is 3. The van der Waals surface area contributed by atoms with Crippen LogP contribution in [0.5, 0.6) is 0 Å². The molecule has 1 atom stereocenters. The number of nitrogens with one attached hydrogen (secondary N) is 2. The molecule has 1 aromatic heterocycles. The molecular formula is C19H17N3O2. The van der Waals surface area contributed by atoms with Crippen molar-refractivity contribution in [2.24, 2.45) is 5.92 Å². The number of aromatic nitrogens is 2. The highest BCUT2D eigenvalue weighted by atomic mass is 16.2. The first-order chi connectivity index (χ1) is 11.7. The van der Waals surface area contributed by atoms with Crippen LogP contribution >= 0.6 is 0 Å². The number of benzene rings is 2. The van der Waals surface area contributed by atoms with Gasteiger partial charge >= 0.3 is 0 Å². The maximum atomic E-state index is 12.8.